The van der Waals surface area contributed by atoms with Crippen molar-refractivity contribution in [3.05, 3.63) is 10.1 Å². The van der Waals surface area contributed by atoms with Gasteiger partial charge in [-0.25, -0.2) is 15.1 Å². The van der Waals surface area contributed by atoms with Gasteiger partial charge in [0.15, 0.2) is 5.03 Å². The average Bonchev–Trinajstić information content (AvgIpc) is 2.66. The number of hydrazine groups is 1. The van der Waals surface area contributed by atoms with Gasteiger partial charge in [0.2, 0.25) is 11.6 Å². The van der Waals surface area contributed by atoms with Crippen molar-refractivity contribution < 1.29 is 14.6 Å². The number of nitro groups is 1. The summed E-state index contributed by atoms with van der Waals surface area (Å²) >= 11 is 0. The number of nitrogens with zero attached hydrogens (tertiary/aromatic N) is 2. The predicted octanol–water partition coefficient (Wildman–Crippen LogP) is 2.71. The molecule has 1 aliphatic rings. The summed E-state index contributed by atoms with van der Waals surface area (Å²) in [5.41, 5.74) is 5.96. The summed E-state index contributed by atoms with van der Waals surface area (Å²) in [5, 5.41) is 15.6. The van der Waals surface area contributed by atoms with Crippen LogP contribution in [0.2, 0.25) is 0 Å². The zero-order chi connectivity index (χ0) is 24.5. The molecule has 1 rings (SSSR count). The van der Waals surface area contributed by atoms with Crippen LogP contribution in [0.3, 0.4) is 0 Å². The van der Waals surface area contributed by atoms with Gasteiger partial charge in [0.05, 0.1) is 0 Å². The second kappa shape index (κ2) is 12.0. The highest BCUT2D eigenvalue weighted by molar-refractivity contribution is 5.94. The zero-order valence-corrected chi connectivity index (χ0v) is 20.5. The Kier molecular flexibility index (Phi) is 10.4. The Hall–Kier alpha value is -2.39. The lowest BCUT2D eigenvalue weighted by Gasteiger charge is -2.37. The maximum atomic E-state index is 13.2. The number of aliphatic imine (C=N–C) groups is 1. The van der Waals surface area contributed by atoms with Crippen LogP contribution in [0.5, 0.6) is 0 Å². The second-order valence-electron chi connectivity index (χ2n) is 10.3. The van der Waals surface area contributed by atoms with E-state index in [0.29, 0.717) is 24.8 Å². The lowest BCUT2D eigenvalue weighted by atomic mass is 9.69. The van der Waals surface area contributed by atoms with Crippen molar-refractivity contribution in [2.75, 3.05) is 6.54 Å². The standard InChI is InChI=1S/C22H42N6O4/c1-7-13-22(26-20(23)27-28(31)32,19(30)24-14-12-15(2)3)25-18(29)16-8-10-17(11-9-16)21(4,5)6/h15-17H,7-14H2,1-6H3,(H,24,30)(H,25,29)(H3,23,26,27)/t16?,17?,22-/m1/s1. The summed E-state index contributed by atoms with van der Waals surface area (Å²) in [6.45, 7) is 13.0. The molecule has 1 fully saturated rings. The van der Waals surface area contributed by atoms with Crippen molar-refractivity contribution >= 4 is 17.8 Å². The average molecular weight is 455 g/mol. The van der Waals surface area contributed by atoms with Crippen molar-refractivity contribution in [2.45, 2.75) is 92.2 Å². The minimum Gasteiger partial charge on any atom is -0.365 e. The van der Waals surface area contributed by atoms with E-state index in [9.17, 15) is 19.7 Å². The Morgan fingerprint density at radius 3 is 2.25 bits per heavy atom. The molecule has 0 aromatic heterocycles. The van der Waals surface area contributed by atoms with E-state index in [2.05, 4.69) is 36.4 Å². The fourth-order valence-corrected chi connectivity index (χ4v) is 4.20. The summed E-state index contributed by atoms with van der Waals surface area (Å²) in [6.07, 6.45) is 4.79. The number of guanidine groups is 1. The molecule has 0 unspecified atom stereocenters. The Morgan fingerprint density at radius 2 is 1.78 bits per heavy atom. The molecule has 0 bridgehead atoms. The van der Waals surface area contributed by atoms with Crippen LogP contribution in [0.4, 0.5) is 0 Å². The highest BCUT2D eigenvalue weighted by Gasteiger charge is 2.42. The van der Waals surface area contributed by atoms with Gasteiger partial charge < -0.3 is 16.4 Å². The first-order valence-electron chi connectivity index (χ1n) is 11.7. The molecule has 0 saturated heterocycles. The first-order valence-corrected chi connectivity index (χ1v) is 11.7. The van der Waals surface area contributed by atoms with E-state index in [0.717, 1.165) is 32.1 Å². The van der Waals surface area contributed by atoms with Crippen LogP contribution in [-0.4, -0.2) is 35.0 Å². The molecule has 5 N–H and O–H groups in total. The van der Waals surface area contributed by atoms with Crippen molar-refractivity contribution in [1.29, 1.82) is 0 Å². The van der Waals surface area contributed by atoms with Gasteiger partial charge in [0.25, 0.3) is 11.9 Å². The van der Waals surface area contributed by atoms with Crippen LogP contribution in [0.25, 0.3) is 0 Å². The third-order valence-corrected chi connectivity index (χ3v) is 6.16. The molecule has 184 valence electrons. The van der Waals surface area contributed by atoms with Crippen molar-refractivity contribution in [1.82, 2.24) is 16.1 Å². The molecular formula is C22H42N6O4. The number of nitrogens with one attached hydrogen (secondary N) is 3. The second-order valence-corrected chi connectivity index (χ2v) is 10.3. The summed E-state index contributed by atoms with van der Waals surface area (Å²) in [4.78, 5) is 41.3. The van der Waals surface area contributed by atoms with Crippen LogP contribution in [0, 0.1) is 33.3 Å². The number of rotatable bonds is 10. The van der Waals surface area contributed by atoms with Crippen LogP contribution in [0.15, 0.2) is 4.99 Å². The molecular weight excluding hydrogens is 412 g/mol. The van der Waals surface area contributed by atoms with E-state index in [1.807, 2.05) is 20.8 Å². The third kappa shape index (κ3) is 8.63. The summed E-state index contributed by atoms with van der Waals surface area (Å²) in [6, 6.07) is 0. The molecule has 0 spiro atoms. The molecule has 32 heavy (non-hydrogen) atoms. The Labute approximate surface area is 191 Å². The third-order valence-electron chi connectivity index (χ3n) is 6.16. The SMILES string of the molecule is CCC[C@](N=C(N)N[N+](=O)[O-])(NC(=O)C1CCC(C(C)(C)C)CC1)C(=O)NCCC(C)C. The minimum absolute atomic E-state index is 0.170. The predicted molar refractivity (Wildman–Crippen MR) is 125 cm³/mol. The van der Waals surface area contributed by atoms with Crippen LogP contribution >= 0.6 is 0 Å². The van der Waals surface area contributed by atoms with E-state index in [1.165, 1.54) is 0 Å². The highest BCUT2D eigenvalue weighted by Crippen LogP contribution is 2.40. The number of carbonyl (C=O) groups excluding carboxylic acids is 2. The molecule has 10 heteroatoms. The van der Waals surface area contributed by atoms with Gasteiger partial charge >= 0.3 is 0 Å². The maximum absolute atomic E-state index is 13.2. The molecule has 2 amide bonds. The molecule has 0 heterocycles. The number of amides is 2. The first kappa shape index (κ1) is 27.6. The lowest BCUT2D eigenvalue weighted by molar-refractivity contribution is -0.525. The molecule has 1 aliphatic carbocycles. The first-order chi connectivity index (χ1) is 14.8. The monoisotopic (exact) mass is 454 g/mol. The fraction of sp³-hybridized carbons (Fsp3) is 0.864. The quantitative estimate of drug-likeness (QED) is 0.172. The van der Waals surface area contributed by atoms with Gasteiger partial charge in [0, 0.05) is 18.9 Å². The molecule has 10 nitrogen and oxygen atoms in total. The number of carbonyl (C=O) groups is 2. The summed E-state index contributed by atoms with van der Waals surface area (Å²) in [7, 11) is 0. The maximum Gasteiger partial charge on any atom is 0.268 e. The molecule has 0 aromatic rings. The number of hydrogen-bond donors (Lipinski definition) is 4. The van der Waals surface area contributed by atoms with Crippen LogP contribution < -0.4 is 21.8 Å². The molecule has 0 radical (unpaired) electrons. The lowest BCUT2D eigenvalue weighted by Crippen LogP contribution is -2.60. The van der Waals surface area contributed by atoms with Gasteiger partial charge in [-0.2, -0.15) is 0 Å². The van der Waals surface area contributed by atoms with Crippen molar-refractivity contribution in [2.24, 2.45) is 33.9 Å². The highest BCUT2D eigenvalue weighted by atomic mass is 16.7. The number of nitrogens with two attached hydrogens (primary N) is 1. The Balaban J connectivity index is 3.08. The van der Waals surface area contributed by atoms with Crippen LogP contribution in [-0.2, 0) is 9.59 Å². The van der Waals surface area contributed by atoms with Crippen molar-refractivity contribution in [3.63, 3.8) is 0 Å². The van der Waals surface area contributed by atoms with Gasteiger partial charge in [-0.3, -0.25) is 9.59 Å². The zero-order valence-electron chi connectivity index (χ0n) is 20.5. The summed E-state index contributed by atoms with van der Waals surface area (Å²) < 4.78 is 0. The molecule has 1 saturated carbocycles. The minimum atomic E-state index is -1.70. The fourth-order valence-electron chi connectivity index (χ4n) is 4.20. The van der Waals surface area contributed by atoms with Gasteiger partial charge in [-0.05, 0) is 49.4 Å². The van der Waals surface area contributed by atoms with E-state index in [1.54, 1.807) is 5.43 Å². The van der Waals surface area contributed by atoms with E-state index >= 15 is 0 Å². The normalized spacial score (nSPS) is 21.5. The smallest absolute Gasteiger partial charge is 0.268 e. The molecule has 0 aromatic carbocycles. The van der Waals surface area contributed by atoms with Gasteiger partial charge in [-0.1, -0.05) is 53.4 Å². The summed E-state index contributed by atoms with van der Waals surface area (Å²) in [5.74, 6) is -0.600. The topological polar surface area (TPSA) is 152 Å². The van der Waals surface area contributed by atoms with E-state index in [-0.39, 0.29) is 23.7 Å². The molecule has 0 aliphatic heterocycles. The van der Waals surface area contributed by atoms with Gasteiger partial charge in [-0.15, -0.1) is 0 Å². The largest absolute Gasteiger partial charge is 0.365 e. The molecule has 1 atom stereocenters. The van der Waals surface area contributed by atoms with E-state index < -0.39 is 22.6 Å². The van der Waals surface area contributed by atoms with Crippen LogP contribution in [0.1, 0.15) is 86.5 Å². The number of hydrogen-bond acceptors (Lipinski definition) is 5. The Bertz CT molecular complexity index is 680. The van der Waals surface area contributed by atoms with E-state index in [4.69, 9.17) is 5.73 Å². The van der Waals surface area contributed by atoms with Crippen molar-refractivity contribution in [3.8, 4) is 0 Å². The Morgan fingerprint density at radius 1 is 1.19 bits per heavy atom. The van der Waals surface area contributed by atoms with Gasteiger partial charge in [0.1, 0.15) is 0 Å².